The molecule has 140 valence electrons. The van der Waals surface area contributed by atoms with Crippen molar-refractivity contribution in [2.45, 2.75) is 13.0 Å². The molecule has 0 radical (unpaired) electrons. The largest absolute Gasteiger partial charge is 0.487 e. The lowest BCUT2D eigenvalue weighted by molar-refractivity contribution is -0.120. The Balaban J connectivity index is 1.73. The minimum atomic E-state index is -0.442. The van der Waals surface area contributed by atoms with Crippen LogP contribution in [0.4, 0.5) is 0 Å². The third-order valence-electron chi connectivity index (χ3n) is 3.92. The van der Waals surface area contributed by atoms with Gasteiger partial charge < -0.3 is 4.74 Å². The van der Waals surface area contributed by atoms with Crippen LogP contribution in [-0.2, 0) is 11.4 Å². The van der Waals surface area contributed by atoms with Crippen molar-refractivity contribution in [3.8, 4) is 11.8 Å². The summed E-state index contributed by atoms with van der Waals surface area (Å²) in [5.74, 6) is 0.307. The molecule has 0 saturated heterocycles. The second-order valence-corrected chi connectivity index (χ2v) is 7.89. The van der Waals surface area contributed by atoms with E-state index in [4.69, 9.17) is 10.00 Å². The molecule has 3 aromatic carbocycles. The van der Waals surface area contributed by atoms with Gasteiger partial charge in [0.05, 0.1) is 20.3 Å². The van der Waals surface area contributed by atoms with Crippen LogP contribution in [-0.4, -0.2) is 12.1 Å². The highest BCUT2D eigenvalue weighted by molar-refractivity contribution is 14.1. The fraction of sp³-hybridized carbons (Fsp3) is 0.0952. The van der Waals surface area contributed by atoms with Crippen molar-refractivity contribution in [1.82, 2.24) is 5.43 Å². The van der Waals surface area contributed by atoms with E-state index in [-0.39, 0.29) is 6.42 Å². The van der Waals surface area contributed by atoms with Crippen LogP contribution in [0.5, 0.6) is 5.75 Å². The number of hydrogen-bond acceptors (Lipinski definition) is 4. The lowest BCUT2D eigenvalue weighted by Gasteiger charge is -2.13. The van der Waals surface area contributed by atoms with Crippen molar-refractivity contribution in [1.29, 1.82) is 5.26 Å². The van der Waals surface area contributed by atoms with E-state index >= 15 is 0 Å². The van der Waals surface area contributed by atoms with Crippen LogP contribution in [0, 0.1) is 14.9 Å². The smallest absolute Gasteiger partial charge is 0.254 e. The lowest BCUT2D eigenvalue weighted by Crippen LogP contribution is -2.16. The molecule has 3 rings (SSSR count). The van der Waals surface area contributed by atoms with Gasteiger partial charge in [-0.15, -0.1) is 0 Å². The molecule has 0 atom stereocenters. The molecule has 0 unspecified atom stereocenters. The number of rotatable bonds is 6. The summed E-state index contributed by atoms with van der Waals surface area (Å²) in [6.45, 7) is 0.452. The normalized spacial score (nSPS) is 10.8. The number of hydrazone groups is 1. The number of hydrogen-bond donors (Lipinski definition) is 1. The summed E-state index contributed by atoms with van der Waals surface area (Å²) in [5.41, 5.74) is 4.22. The molecule has 0 spiro atoms. The average Bonchev–Trinajstić information content (AvgIpc) is 2.67. The molecular formula is C21H15BrIN3O2. The number of nitriles is 1. The molecule has 0 aliphatic rings. The Hall–Kier alpha value is -2.44. The van der Waals surface area contributed by atoms with Gasteiger partial charge in [0, 0.05) is 0 Å². The first-order valence-corrected chi connectivity index (χ1v) is 10.2. The Morgan fingerprint density at radius 2 is 2.04 bits per heavy atom. The Bertz CT molecular complexity index is 1060. The number of carbonyl (C=O) groups excluding carboxylic acids is 1. The maximum absolute atomic E-state index is 11.3. The predicted octanol–water partition coefficient (Wildman–Crippen LogP) is 5.15. The standard InChI is InChI=1S/C21H15BrIN3O2/c22-18-10-14(12-25-26-20(27)8-9-24)11-19(23)21(18)28-13-16-6-3-5-15-4-1-2-7-17(15)16/h1-7,10-12H,8,13H2,(H,26,27)/b25-12+. The molecule has 28 heavy (non-hydrogen) atoms. The Morgan fingerprint density at radius 3 is 2.82 bits per heavy atom. The predicted molar refractivity (Wildman–Crippen MR) is 121 cm³/mol. The van der Waals surface area contributed by atoms with E-state index in [1.165, 1.54) is 17.0 Å². The fourth-order valence-electron chi connectivity index (χ4n) is 2.65. The highest BCUT2D eigenvalue weighted by atomic mass is 127. The van der Waals surface area contributed by atoms with Crippen molar-refractivity contribution in [3.05, 3.63) is 73.8 Å². The molecular weight excluding hydrogens is 533 g/mol. The van der Waals surface area contributed by atoms with Crippen molar-refractivity contribution in [2.24, 2.45) is 5.10 Å². The highest BCUT2D eigenvalue weighted by Crippen LogP contribution is 2.33. The molecule has 0 aliphatic carbocycles. The topological polar surface area (TPSA) is 74.5 Å². The first-order valence-electron chi connectivity index (χ1n) is 8.36. The summed E-state index contributed by atoms with van der Waals surface area (Å²) in [4.78, 5) is 11.3. The Morgan fingerprint density at radius 1 is 1.25 bits per heavy atom. The van der Waals surface area contributed by atoms with Crippen LogP contribution >= 0.6 is 38.5 Å². The van der Waals surface area contributed by atoms with Gasteiger partial charge in [0.25, 0.3) is 5.91 Å². The number of benzene rings is 3. The average molecular weight is 548 g/mol. The monoisotopic (exact) mass is 547 g/mol. The number of fused-ring (bicyclic) bond motifs is 1. The summed E-state index contributed by atoms with van der Waals surface area (Å²) in [6.07, 6.45) is 1.30. The van der Waals surface area contributed by atoms with E-state index in [9.17, 15) is 4.79 Å². The zero-order valence-corrected chi connectivity index (χ0v) is 18.4. The molecule has 1 N–H and O–H groups in total. The lowest BCUT2D eigenvalue weighted by atomic mass is 10.1. The molecule has 0 fully saturated rings. The van der Waals surface area contributed by atoms with Gasteiger partial charge in [-0.25, -0.2) is 5.43 Å². The SMILES string of the molecule is N#CCC(=O)N/N=C/c1cc(Br)c(OCc2cccc3ccccc23)c(I)c1. The molecule has 0 heterocycles. The van der Waals surface area contributed by atoms with E-state index in [0.29, 0.717) is 6.61 Å². The van der Waals surface area contributed by atoms with Crippen LogP contribution in [0.25, 0.3) is 10.8 Å². The summed E-state index contributed by atoms with van der Waals surface area (Å²) in [5, 5.41) is 14.7. The summed E-state index contributed by atoms with van der Waals surface area (Å²) in [7, 11) is 0. The van der Waals surface area contributed by atoms with Crippen LogP contribution < -0.4 is 10.2 Å². The summed E-state index contributed by atoms with van der Waals surface area (Å²) in [6, 6.07) is 19.9. The number of amides is 1. The molecule has 7 heteroatoms. The van der Waals surface area contributed by atoms with Crippen molar-refractivity contribution in [2.75, 3.05) is 0 Å². The van der Waals surface area contributed by atoms with Gasteiger partial charge in [-0.05, 0) is 72.6 Å². The molecule has 3 aromatic rings. The number of ether oxygens (including phenoxy) is 1. The minimum absolute atomic E-state index is 0.223. The van der Waals surface area contributed by atoms with Gasteiger partial charge in [-0.2, -0.15) is 10.4 Å². The Labute approximate surface area is 184 Å². The number of nitrogens with zero attached hydrogens (tertiary/aromatic N) is 2. The maximum Gasteiger partial charge on any atom is 0.254 e. The molecule has 0 aromatic heterocycles. The zero-order chi connectivity index (χ0) is 19.9. The van der Waals surface area contributed by atoms with Gasteiger partial charge >= 0.3 is 0 Å². The van der Waals surface area contributed by atoms with Gasteiger partial charge in [-0.1, -0.05) is 42.5 Å². The fourth-order valence-corrected chi connectivity index (χ4v) is 4.42. The highest BCUT2D eigenvalue weighted by Gasteiger charge is 2.10. The van der Waals surface area contributed by atoms with Gasteiger partial charge in [0.2, 0.25) is 0 Å². The van der Waals surface area contributed by atoms with Crippen LogP contribution in [0.2, 0.25) is 0 Å². The second kappa shape index (κ2) is 9.66. The van der Waals surface area contributed by atoms with E-state index in [0.717, 1.165) is 24.9 Å². The number of halogens is 2. The van der Waals surface area contributed by atoms with Crippen LogP contribution in [0.1, 0.15) is 17.5 Å². The third kappa shape index (κ3) is 5.09. The first-order chi connectivity index (χ1) is 13.6. The third-order valence-corrected chi connectivity index (χ3v) is 5.31. The van der Waals surface area contributed by atoms with Crippen LogP contribution in [0.15, 0.2) is 64.2 Å². The molecule has 5 nitrogen and oxygen atoms in total. The van der Waals surface area contributed by atoms with Gasteiger partial charge in [0.1, 0.15) is 18.8 Å². The zero-order valence-electron chi connectivity index (χ0n) is 14.7. The van der Waals surface area contributed by atoms with Crippen LogP contribution in [0.3, 0.4) is 0 Å². The molecule has 0 bridgehead atoms. The molecule has 0 saturated carbocycles. The van der Waals surface area contributed by atoms with Crippen molar-refractivity contribution in [3.63, 3.8) is 0 Å². The van der Waals surface area contributed by atoms with Gasteiger partial charge in [0.15, 0.2) is 0 Å². The first kappa shape index (κ1) is 20.3. The molecule has 1 amide bonds. The minimum Gasteiger partial charge on any atom is -0.487 e. The maximum atomic E-state index is 11.3. The number of carbonyl (C=O) groups is 1. The van der Waals surface area contributed by atoms with Crippen molar-refractivity contribution >= 4 is 61.4 Å². The van der Waals surface area contributed by atoms with Crippen molar-refractivity contribution < 1.29 is 9.53 Å². The molecule has 0 aliphatic heterocycles. The van der Waals surface area contributed by atoms with E-state index in [1.54, 1.807) is 6.07 Å². The van der Waals surface area contributed by atoms with Gasteiger partial charge in [-0.3, -0.25) is 4.79 Å². The van der Waals surface area contributed by atoms with E-state index in [2.05, 4.69) is 73.3 Å². The Kier molecular flexibility index (Phi) is 7.01. The quantitative estimate of drug-likeness (QED) is 0.263. The van der Waals surface area contributed by atoms with E-state index < -0.39 is 5.91 Å². The number of nitrogens with one attached hydrogen (secondary N) is 1. The summed E-state index contributed by atoms with van der Waals surface area (Å²) < 4.78 is 7.80. The summed E-state index contributed by atoms with van der Waals surface area (Å²) >= 11 is 5.75. The second-order valence-electron chi connectivity index (χ2n) is 5.87. The van der Waals surface area contributed by atoms with E-state index in [1.807, 2.05) is 30.3 Å².